The summed E-state index contributed by atoms with van der Waals surface area (Å²) in [5.41, 5.74) is 6.84. The molecule has 2 fully saturated rings. The summed E-state index contributed by atoms with van der Waals surface area (Å²) >= 11 is -3.15. The van der Waals surface area contributed by atoms with Crippen LogP contribution in [-0.4, -0.2) is 3.21 Å². The molecule has 0 aromatic heterocycles. The van der Waals surface area contributed by atoms with Gasteiger partial charge in [-0.25, -0.2) is 0 Å². The Hall–Kier alpha value is -2.31. The zero-order valence-corrected chi connectivity index (χ0v) is 40.2. The fraction of sp³-hybridized carbons (Fsp3) is 0.453. The van der Waals surface area contributed by atoms with Gasteiger partial charge in [-0.15, -0.1) is 0 Å². The van der Waals surface area contributed by atoms with Gasteiger partial charge in [0.25, 0.3) is 0 Å². The third-order valence-corrected chi connectivity index (χ3v) is 28.0. The van der Waals surface area contributed by atoms with Gasteiger partial charge in [0.05, 0.1) is 0 Å². The number of rotatable bonds is 4. The van der Waals surface area contributed by atoms with E-state index in [4.69, 9.17) is 0 Å². The van der Waals surface area contributed by atoms with Gasteiger partial charge in [0.2, 0.25) is 0 Å². The van der Waals surface area contributed by atoms with E-state index in [0.717, 1.165) is 0 Å². The summed E-state index contributed by atoms with van der Waals surface area (Å²) in [6.07, 6.45) is 30.6. The van der Waals surface area contributed by atoms with Crippen molar-refractivity contribution >= 4 is 3.21 Å². The summed E-state index contributed by atoms with van der Waals surface area (Å²) in [6, 6.07) is 23.3. The van der Waals surface area contributed by atoms with E-state index in [1.807, 2.05) is 3.28 Å². The number of benzene rings is 2. The van der Waals surface area contributed by atoms with Gasteiger partial charge in [-0.3, -0.25) is 0 Å². The minimum atomic E-state index is -3.15. The summed E-state index contributed by atoms with van der Waals surface area (Å²) < 4.78 is 3.97. The maximum Gasteiger partial charge on any atom is -1.00 e. The predicted octanol–water partition coefficient (Wildman–Crippen LogP) is 8.02. The van der Waals surface area contributed by atoms with Crippen molar-refractivity contribution in [3.05, 3.63) is 165 Å². The molecular weight excluding hydrogens is 799 g/mol. The van der Waals surface area contributed by atoms with Crippen LogP contribution in [0.2, 0.25) is 3.63 Å². The number of allylic oxidation sites excluding steroid dienone is 16. The molecule has 0 N–H and O–H groups in total. The van der Waals surface area contributed by atoms with Crippen molar-refractivity contribution in [1.29, 1.82) is 0 Å². The minimum Gasteiger partial charge on any atom is -1.00 e. The molecule has 6 aliphatic carbocycles. The molecule has 294 valence electrons. The van der Waals surface area contributed by atoms with Crippen molar-refractivity contribution < 1.29 is 46.1 Å². The van der Waals surface area contributed by atoms with E-state index in [2.05, 4.69) is 224 Å². The molecule has 2 aromatic carbocycles. The summed E-state index contributed by atoms with van der Waals surface area (Å²) in [5, 5.41) is 0. The topological polar surface area (TPSA) is 0 Å². The van der Waals surface area contributed by atoms with Gasteiger partial charge >= 0.3 is 338 Å². The molecule has 56 heavy (non-hydrogen) atoms. The van der Waals surface area contributed by atoms with Crippen molar-refractivity contribution in [3.63, 3.8) is 0 Å². The molecule has 10 atom stereocenters. The second-order valence-corrected chi connectivity index (χ2v) is 26.3. The molecule has 2 saturated carbocycles. The third-order valence-electron chi connectivity index (χ3n) is 18.0. The molecule has 0 amide bonds. The quantitative estimate of drug-likeness (QED) is 0.293. The van der Waals surface area contributed by atoms with E-state index < -0.39 is 21.3 Å². The van der Waals surface area contributed by atoms with Crippen molar-refractivity contribution in [2.75, 3.05) is 0 Å². The van der Waals surface area contributed by atoms with Crippen molar-refractivity contribution in [3.8, 4) is 0 Å². The van der Waals surface area contributed by atoms with Crippen LogP contribution >= 0.6 is 0 Å². The first-order valence-electron chi connectivity index (χ1n) is 20.7. The van der Waals surface area contributed by atoms with E-state index in [0.29, 0.717) is 15.5 Å². The van der Waals surface area contributed by atoms with Crippen LogP contribution in [0.4, 0.5) is 0 Å². The average molecular weight is 863 g/mol. The molecule has 0 spiro atoms. The Kier molecular flexibility index (Phi) is 10.7. The second-order valence-electron chi connectivity index (χ2n) is 20.2. The Morgan fingerprint density at radius 1 is 0.625 bits per heavy atom. The summed E-state index contributed by atoms with van der Waals surface area (Å²) in [7, 11) is 0. The molecule has 2 aromatic rings. The molecule has 0 saturated heterocycles. The number of hydrogen-bond donors (Lipinski definition) is 0. The first-order valence-corrected chi connectivity index (χ1v) is 24.6. The molecular formula is C53H64Cl2Zr. The van der Waals surface area contributed by atoms with Crippen LogP contribution < -0.4 is 24.8 Å². The van der Waals surface area contributed by atoms with Gasteiger partial charge in [-0.1, -0.05) is 0 Å². The van der Waals surface area contributed by atoms with Crippen LogP contribution in [0.3, 0.4) is 0 Å². The van der Waals surface area contributed by atoms with Crippen molar-refractivity contribution in [2.45, 2.75) is 93.6 Å². The molecule has 3 heteroatoms. The summed E-state index contributed by atoms with van der Waals surface area (Å²) in [6.45, 7) is 33.9. The Morgan fingerprint density at radius 3 is 1.57 bits per heavy atom. The van der Waals surface area contributed by atoms with E-state index in [1.54, 1.807) is 19.9 Å². The van der Waals surface area contributed by atoms with Crippen LogP contribution in [0.5, 0.6) is 0 Å². The van der Waals surface area contributed by atoms with E-state index in [-0.39, 0.29) is 68.1 Å². The summed E-state index contributed by atoms with van der Waals surface area (Å²) in [4.78, 5) is 0. The molecule has 0 radical (unpaired) electrons. The first-order chi connectivity index (χ1) is 25.3. The zero-order chi connectivity index (χ0) is 38.9. The van der Waals surface area contributed by atoms with Crippen LogP contribution in [0.25, 0.3) is 0 Å². The Bertz CT molecular complexity index is 2160. The van der Waals surface area contributed by atoms with Gasteiger partial charge in [0, 0.05) is 0 Å². The maximum absolute atomic E-state index is 3.15. The van der Waals surface area contributed by atoms with Crippen LogP contribution in [0.15, 0.2) is 154 Å². The van der Waals surface area contributed by atoms with Gasteiger partial charge in [0.15, 0.2) is 0 Å². The van der Waals surface area contributed by atoms with Gasteiger partial charge in [0.1, 0.15) is 0 Å². The van der Waals surface area contributed by atoms with Gasteiger partial charge < -0.3 is 24.8 Å². The third kappa shape index (κ3) is 4.90. The largest absolute Gasteiger partial charge is 1.00 e. The van der Waals surface area contributed by atoms with Gasteiger partial charge in [-0.05, 0) is 0 Å². The monoisotopic (exact) mass is 860 g/mol. The molecule has 0 heterocycles. The standard InChI is InChI=1S/C29H37.C13H10.C11H17.2ClH.Zr/c1-21-14-13-15-22-20-27(6)25(4)18-10-9-16-23(25,2)24(3)17-11-12-19-26(24,5)29(27,8)28(21,22)7;1-3-7-12(8-4-1)11-13-9-5-2-6-10-13;1-8-6-9(2)10(7-8)11(3,4)5;;;/h9-20,22H,1-8H3;1-10H;7-8H,1-5H3;2*1H;/q;;;;;+2/p-2. The Balaban J connectivity index is 0.00000266. The van der Waals surface area contributed by atoms with Crippen LogP contribution in [-0.2, 0) is 21.3 Å². The second kappa shape index (κ2) is 13.9. The summed E-state index contributed by atoms with van der Waals surface area (Å²) in [5.74, 6) is 0.796. The number of halogens is 2. The fourth-order valence-corrected chi connectivity index (χ4v) is 26.8. The van der Waals surface area contributed by atoms with E-state index >= 15 is 0 Å². The average Bonchev–Trinajstić information content (AvgIpc) is 3.53. The van der Waals surface area contributed by atoms with E-state index in [1.165, 1.54) is 11.1 Å². The Morgan fingerprint density at radius 2 is 1.09 bits per heavy atom. The number of hydrogen-bond acceptors (Lipinski definition) is 0. The van der Waals surface area contributed by atoms with Crippen LogP contribution in [0.1, 0.15) is 101 Å². The maximum atomic E-state index is 2.84. The van der Waals surface area contributed by atoms with Crippen molar-refractivity contribution in [2.24, 2.45) is 55.2 Å². The molecule has 6 aliphatic rings. The molecule has 0 bridgehead atoms. The normalized spacial score (nSPS) is 39.9. The minimum absolute atomic E-state index is 0. The van der Waals surface area contributed by atoms with Crippen molar-refractivity contribution in [1.82, 2.24) is 0 Å². The Labute approximate surface area is 360 Å². The molecule has 8 rings (SSSR count). The van der Waals surface area contributed by atoms with Crippen LogP contribution in [0, 0.1) is 55.2 Å². The first kappa shape index (κ1) is 43.3. The molecule has 0 nitrogen and oxygen atoms in total. The molecule has 10 unspecified atom stereocenters. The predicted molar refractivity (Wildman–Crippen MR) is 229 cm³/mol. The molecule has 0 aliphatic heterocycles. The SMILES string of the molecule is CC1=CC=CC2[CH]([Zr+2]([C]3=C(C)C(C(C)(C)C)=CC3C)=[C](c3ccccc3)c3ccccc3)C3(C)C4(C)C=CC=CC4(C)C4(C)C=CC=CC4(C)C3(C)C12C.[Cl-].[Cl-]. The van der Waals surface area contributed by atoms with Gasteiger partial charge in [-0.2, -0.15) is 0 Å². The smallest absolute Gasteiger partial charge is 1.00 e. The fourth-order valence-electron chi connectivity index (χ4n) is 14.6. The number of fused-ring (bicyclic) bond motifs is 8. The zero-order valence-electron chi connectivity index (χ0n) is 36.2. The van der Waals surface area contributed by atoms with E-state index in [9.17, 15) is 0 Å².